The van der Waals surface area contributed by atoms with E-state index in [4.69, 9.17) is 9.97 Å². The van der Waals surface area contributed by atoms with Crippen molar-refractivity contribution in [2.75, 3.05) is 4.90 Å². The summed E-state index contributed by atoms with van der Waals surface area (Å²) in [6.45, 7) is 4.49. The van der Waals surface area contributed by atoms with Crippen LogP contribution in [0.4, 0.5) is 11.4 Å². The molecule has 10 rings (SSSR count). The van der Waals surface area contributed by atoms with Crippen LogP contribution in [0, 0.1) is 19.8 Å². The molecule has 3 atom stereocenters. The molecule has 2 aromatic heterocycles. The minimum atomic E-state index is -0.546. The van der Waals surface area contributed by atoms with Gasteiger partial charge in [0.25, 0.3) is 0 Å². The largest absolute Gasteiger partial charge is 0.334 e. The van der Waals surface area contributed by atoms with Crippen molar-refractivity contribution in [2.45, 2.75) is 25.3 Å². The summed E-state index contributed by atoms with van der Waals surface area (Å²) in [5.41, 5.74) is 12.6. The van der Waals surface area contributed by atoms with Crippen LogP contribution in [0.5, 0.6) is 0 Å². The minimum Gasteiger partial charge on any atom is -0.334 e. The number of hydrogen-bond donors (Lipinski definition) is 0. The Morgan fingerprint density at radius 1 is 0.558 bits per heavy atom. The van der Waals surface area contributed by atoms with Crippen LogP contribution in [0.3, 0.4) is 0 Å². The highest BCUT2D eigenvalue weighted by Crippen LogP contribution is 2.66. The summed E-state index contributed by atoms with van der Waals surface area (Å²) in [6.07, 6.45) is 9.34. The van der Waals surface area contributed by atoms with Crippen LogP contribution >= 0.6 is 22.7 Å². The third-order valence-electron chi connectivity index (χ3n) is 10.9. The number of allylic oxidation sites excluding steroid dienone is 3. The first-order chi connectivity index (χ1) is 25.6. The van der Waals surface area contributed by atoms with Crippen LogP contribution in [0.15, 0.2) is 164 Å². The van der Waals surface area contributed by atoms with Gasteiger partial charge in [0.1, 0.15) is 10.0 Å². The van der Waals surface area contributed by atoms with Crippen LogP contribution in [0.25, 0.3) is 32.3 Å². The maximum atomic E-state index is 5.63. The van der Waals surface area contributed by atoms with E-state index >= 15 is 0 Å². The molecule has 1 aliphatic heterocycles. The van der Waals surface area contributed by atoms with Gasteiger partial charge in [-0.05, 0) is 48.7 Å². The molecule has 0 N–H and O–H groups in total. The van der Waals surface area contributed by atoms with Crippen LogP contribution < -0.4 is 4.90 Å². The first-order valence-corrected chi connectivity index (χ1v) is 19.5. The van der Waals surface area contributed by atoms with Crippen LogP contribution in [-0.4, -0.2) is 16.0 Å². The molecule has 52 heavy (non-hydrogen) atoms. The SMILES string of the molecule is Cc1sc(-c2ccccc2)nc1C1=C(c2nc(-c3ccccc3)sc2C)C2(c3ccccc31)c1ccccc1N(c1ccccc1)C1C=CC=CC12. The third-order valence-corrected chi connectivity index (χ3v) is 12.9. The number of benzene rings is 5. The second kappa shape index (κ2) is 12.3. The Bertz CT molecular complexity index is 2560. The molecule has 1 spiro atoms. The number of rotatable bonds is 5. The molecule has 2 aliphatic carbocycles. The zero-order valence-electron chi connectivity index (χ0n) is 28.9. The Balaban J connectivity index is 1.34. The predicted octanol–water partition coefficient (Wildman–Crippen LogP) is 12.1. The second-order valence-corrected chi connectivity index (χ2v) is 16.1. The van der Waals surface area contributed by atoms with Gasteiger partial charge < -0.3 is 4.90 Å². The summed E-state index contributed by atoms with van der Waals surface area (Å²) in [5.74, 6) is 0.0649. The topological polar surface area (TPSA) is 29.0 Å². The molecule has 3 aliphatic rings. The van der Waals surface area contributed by atoms with Crippen molar-refractivity contribution < 1.29 is 0 Å². The molecule has 0 saturated heterocycles. The average molecular weight is 706 g/mol. The number of fused-ring (bicyclic) bond motifs is 6. The molecule has 0 radical (unpaired) electrons. The van der Waals surface area contributed by atoms with Crippen molar-refractivity contribution in [1.29, 1.82) is 0 Å². The summed E-state index contributed by atoms with van der Waals surface area (Å²) in [5, 5.41) is 2.08. The smallest absolute Gasteiger partial charge is 0.124 e. The summed E-state index contributed by atoms with van der Waals surface area (Å²) >= 11 is 3.56. The Labute approximate surface area is 312 Å². The van der Waals surface area contributed by atoms with Crippen LogP contribution in [0.2, 0.25) is 0 Å². The average Bonchev–Trinajstić information content (AvgIpc) is 3.87. The van der Waals surface area contributed by atoms with Gasteiger partial charge in [0, 0.05) is 49.3 Å². The van der Waals surface area contributed by atoms with Gasteiger partial charge >= 0.3 is 0 Å². The van der Waals surface area contributed by atoms with Crippen molar-refractivity contribution in [1.82, 2.24) is 9.97 Å². The molecule has 250 valence electrons. The third kappa shape index (κ3) is 4.56. The van der Waals surface area contributed by atoms with E-state index < -0.39 is 5.41 Å². The van der Waals surface area contributed by atoms with Crippen molar-refractivity contribution in [2.24, 2.45) is 5.92 Å². The van der Waals surface area contributed by atoms with Crippen molar-refractivity contribution in [3.63, 3.8) is 0 Å². The number of aromatic nitrogens is 2. The van der Waals surface area contributed by atoms with E-state index in [0.29, 0.717) is 0 Å². The van der Waals surface area contributed by atoms with Crippen molar-refractivity contribution in [3.8, 4) is 21.1 Å². The lowest BCUT2D eigenvalue weighted by atomic mass is 9.57. The van der Waals surface area contributed by atoms with Gasteiger partial charge in [-0.2, -0.15) is 0 Å². The maximum absolute atomic E-state index is 5.63. The molecule has 5 aromatic carbocycles. The van der Waals surface area contributed by atoms with E-state index in [2.05, 4.69) is 183 Å². The maximum Gasteiger partial charge on any atom is 0.124 e. The minimum absolute atomic E-state index is 0.0636. The van der Waals surface area contributed by atoms with Gasteiger partial charge in [-0.25, -0.2) is 9.97 Å². The highest BCUT2D eigenvalue weighted by atomic mass is 32.1. The van der Waals surface area contributed by atoms with Crippen LogP contribution in [0.1, 0.15) is 37.8 Å². The van der Waals surface area contributed by atoms with Crippen molar-refractivity contribution >= 4 is 45.2 Å². The van der Waals surface area contributed by atoms with Gasteiger partial charge in [-0.3, -0.25) is 0 Å². The highest BCUT2D eigenvalue weighted by Gasteiger charge is 2.59. The Morgan fingerprint density at radius 2 is 1.10 bits per heavy atom. The molecule has 0 bridgehead atoms. The Kier molecular flexibility index (Phi) is 7.34. The summed E-state index contributed by atoms with van der Waals surface area (Å²) < 4.78 is 0. The van der Waals surface area contributed by atoms with E-state index in [0.717, 1.165) is 32.5 Å². The Morgan fingerprint density at radius 3 is 1.79 bits per heavy atom. The first kappa shape index (κ1) is 31.1. The Hall–Kier alpha value is -5.62. The fraction of sp³-hybridized carbons (Fsp3) is 0.106. The number of nitrogens with zero attached hydrogens (tertiary/aromatic N) is 3. The molecule has 3 nitrogen and oxygen atoms in total. The van der Waals surface area contributed by atoms with Gasteiger partial charge in [0.2, 0.25) is 0 Å². The van der Waals surface area contributed by atoms with Gasteiger partial charge in [-0.1, -0.05) is 146 Å². The number of thiazole rings is 2. The number of para-hydroxylation sites is 2. The van der Waals surface area contributed by atoms with Gasteiger partial charge in [0.05, 0.1) is 22.8 Å². The molecule has 0 amide bonds. The molecule has 3 heterocycles. The quantitative estimate of drug-likeness (QED) is 0.179. The molecule has 3 unspecified atom stereocenters. The number of anilines is 2. The molecule has 0 fully saturated rings. The standard InChI is InChI=1S/C47H35N3S2/c1-30-43(48-45(51-30)32-18-6-3-7-19-32)41-35-24-12-13-25-36(35)47(42(41)44-31(2)52-46(49-44)33-20-8-4-9-21-33)37-26-14-16-28-39(37)50(34-22-10-5-11-23-34)40-29-17-15-27-38(40)47/h3-29,37,39H,1-2H3. The lowest BCUT2D eigenvalue weighted by Crippen LogP contribution is -2.53. The molecule has 7 aromatic rings. The highest BCUT2D eigenvalue weighted by molar-refractivity contribution is 7.15. The van der Waals surface area contributed by atoms with E-state index in [9.17, 15) is 0 Å². The van der Waals surface area contributed by atoms with Crippen LogP contribution in [-0.2, 0) is 5.41 Å². The molecular formula is C47H35N3S2. The van der Waals surface area contributed by atoms with Gasteiger partial charge in [-0.15, -0.1) is 22.7 Å². The normalized spacial score (nSPS) is 19.9. The predicted molar refractivity (Wildman–Crippen MR) is 218 cm³/mol. The van der Waals surface area contributed by atoms with Gasteiger partial charge in [0.15, 0.2) is 0 Å². The summed E-state index contributed by atoms with van der Waals surface area (Å²) in [6, 6.07) is 50.4. The molecule has 0 saturated carbocycles. The van der Waals surface area contributed by atoms with E-state index in [1.54, 1.807) is 22.7 Å². The summed E-state index contributed by atoms with van der Waals surface area (Å²) in [7, 11) is 0. The molecule has 5 heteroatoms. The van der Waals surface area contributed by atoms with E-state index in [1.165, 1.54) is 49.0 Å². The fourth-order valence-electron chi connectivity index (χ4n) is 8.85. The number of aryl methyl sites for hydroxylation is 2. The number of hydrogen-bond acceptors (Lipinski definition) is 5. The van der Waals surface area contributed by atoms with E-state index in [1.807, 2.05) is 0 Å². The first-order valence-electron chi connectivity index (χ1n) is 17.8. The molecular weight excluding hydrogens is 671 g/mol. The zero-order valence-corrected chi connectivity index (χ0v) is 30.5. The lowest BCUT2D eigenvalue weighted by Gasteiger charge is -2.53. The monoisotopic (exact) mass is 705 g/mol. The lowest BCUT2D eigenvalue weighted by molar-refractivity contribution is 0.411. The van der Waals surface area contributed by atoms with E-state index in [-0.39, 0.29) is 12.0 Å². The second-order valence-electron chi connectivity index (χ2n) is 13.7. The van der Waals surface area contributed by atoms with Crippen molar-refractivity contribution in [3.05, 3.63) is 202 Å². The summed E-state index contributed by atoms with van der Waals surface area (Å²) in [4.78, 5) is 16.1. The fourth-order valence-corrected chi connectivity index (χ4v) is 10.7. The zero-order chi connectivity index (χ0) is 34.8.